The summed E-state index contributed by atoms with van der Waals surface area (Å²) in [5.41, 5.74) is 5.56. The summed E-state index contributed by atoms with van der Waals surface area (Å²) in [4.78, 5) is 0. The number of fused-ring (bicyclic) bond motifs is 1. The molecule has 0 saturated carbocycles. The van der Waals surface area contributed by atoms with Gasteiger partial charge < -0.3 is 9.88 Å². The second-order valence-corrected chi connectivity index (χ2v) is 5.37. The molecule has 0 amide bonds. The molecule has 0 aliphatic carbocycles. The van der Waals surface area contributed by atoms with E-state index in [4.69, 9.17) is 0 Å². The van der Waals surface area contributed by atoms with Gasteiger partial charge in [0.25, 0.3) is 0 Å². The van der Waals surface area contributed by atoms with E-state index < -0.39 is 0 Å². The van der Waals surface area contributed by atoms with Gasteiger partial charge in [0.15, 0.2) is 0 Å². The number of hydrogen-bond acceptors (Lipinski definition) is 1. The van der Waals surface area contributed by atoms with Crippen LogP contribution in [-0.4, -0.2) is 10.6 Å². The molecule has 0 aliphatic heterocycles. The van der Waals surface area contributed by atoms with Gasteiger partial charge in [-0.25, -0.2) is 0 Å². The van der Waals surface area contributed by atoms with Crippen LogP contribution in [0.1, 0.15) is 37.6 Å². The molecule has 1 aromatic carbocycles. The van der Waals surface area contributed by atoms with Crippen molar-refractivity contribution >= 4 is 10.9 Å². The third-order valence-electron chi connectivity index (χ3n) is 3.75. The standard InChI is InChI=1S/C16H24N2/c1-6-13-7-8-15-14(9-13)12(4)16(18(15)5)10-17-11(2)3/h7-9,11,17H,6,10H2,1-5H3. The molecule has 0 spiro atoms. The van der Waals surface area contributed by atoms with Crippen LogP contribution in [0.3, 0.4) is 0 Å². The minimum Gasteiger partial charge on any atom is -0.346 e. The summed E-state index contributed by atoms with van der Waals surface area (Å²) in [6, 6.07) is 7.35. The number of aryl methyl sites for hydroxylation is 3. The molecule has 0 bridgehead atoms. The largest absolute Gasteiger partial charge is 0.346 e. The summed E-state index contributed by atoms with van der Waals surface area (Å²) in [6.45, 7) is 9.76. The highest BCUT2D eigenvalue weighted by molar-refractivity contribution is 5.86. The van der Waals surface area contributed by atoms with Crippen molar-refractivity contribution in [2.45, 2.75) is 46.7 Å². The van der Waals surface area contributed by atoms with Crippen LogP contribution >= 0.6 is 0 Å². The maximum Gasteiger partial charge on any atom is 0.0483 e. The molecule has 0 aliphatic rings. The van der Waals surface area contributed by atoms with E-state index in [1.807, 2.05) is 0 Å². The minimum atomic E-state index is 0.522. The van der Waals surface area contributed by atoms with Gasteiger partial charge in [-0.05, 0) is 36.6 Å². The van der Waals surface area contributed by atoms with E-state index in [0.29, 0.717) is 6.04 Å². The molecular weight excluding hydrogens is 220 g/mol. The summed E-state index contributed by atoms with van der Waals surface area (Å²) < 4.78 is 2.32. The van der Waals surface area contributed by atoms with Crippen molar-refractivity contribution in [2.24, 2.45) is 7.05 Å². The highest BCUT2D eigenvalue weighted by atomic mass is 15.0. The van der Waals surface area contributed by atoms with E-state index >= 15 is 0 Å². The molecule has 2 aromatic rings. The maximum absolute atomic E-state index is 3.51. The van der Waals surface area contributed by atoms with Gasteiger partial charge in [0, 0.05) is 36.2 Å². The van der Waals surface area contributed by atoms with Gasteiger partial charge in [0.1, 0.15) is 0 Å². The molecule has 1 N–H and O–H groups in total. The smallest absolute Gasteiger partial charge is 0.0483 e. The topological polar surface area (TPSA) is 17.0 Å². The van der Waals surface area contributed by atoms with E-state index in [0.717, 1.165) is 13.0 Å². The molecule has 0 unspecified atom stereocenters. The van der Waals surface area contributed by atoms with Crippen molar-refractivity contribution in [3.8, 4) is 0 Å². The van der Waals surface area contributed by atoms with Gasteiger partial charge >= 0.3 is 0 Å². The average molecular weight is 244 g/mol. The normalized spacial score (nSPS) is 11.7. The predicted octanol–water partition coefficient (Wildman–Crippen LogP) is 3.55. The van der Waals surface area contributed by atoms with Crippen LogP contribution in [0.5, 0.6) is 0 Å². The Balaban J connectivity index is 2.47. The van der Waals surface area contributed by atoms with Crippen molar-refractivity contribution in [2.75, 3.05) is 0 Å². The molecule has 0 saturated heterocycles. The maximum atomic E-state index is 3.51. The van der Waals surface area contributed by atoms with E-state index in [-0.39, 0.29) is 0 Å². The van der Waals surface area contributed by atoms with Gasteiger partial charge in [0.05, 0.1) is 0 Å². The minimum absolute atomic E-state index is 0.522. The summed E-state index contributed by atoms with van der Waals surface area (Å²) in [5, 5.41) is 4.91. The molecule has 98 valence electrons. The van der Waals surface area contributed by atoms with Gasteiger partial charge in [-0.15, -0.1) is 0 Å². The monoisotopic (exact) mass is 244 g/mol. The Morgan fingerprint density at radius 2 is 2.00 bits per heavy atom. The second-order valence-electron chi connectivity index (χ2n) is 5.37. The predicted molar refractivity (Wildman–Crippen MR) is 79.0 cm³/mol. The first-order valence-electron chi connectivity index (χ1n) is 6.84. The number of rotatable bonds is 4. The third kappa shape index (κ3) is 2.30. The summed E-state index contributed by atoms with van der Waals surface area (Å²) in [5.74, 6) is 0. The molecule has 1 aromatic heterocycles. The lowest BCUT2D eigenvalue weighted by atomic mass is 10.1. The number of benzene rings is 1. The van der Waals surface area contributed by atoms with E-state index in [1.165, 1.54) is 27.7 Å². The van der Waals surface area contributed by atoms with Gasteiger partial charge in [0.2, 0.25) is 0 Å². The van der Waals surface area contributed by atoms with Crippen LogP contribution < -0.4 is 5.32 Å². The van der Waals surface area contributed by atoms with Crippen LogP contribution in [0, 0.1) is 6.92 Å². The van der Waals surface area contributed by atoms with Crippen LogP contribution in [0.2, 0.25) is 0 Å². The van der Waals surface area contributed by atoms with Crippen molar-refractivity contribution in [3.63, 3.8) is 0 Å². The van der Waals surface area contributed by atoms with E-state index in [9.17, 15) is 0 Å². The van der Waals surface area contributed by atoms with Gasteiger partial charge in [-0.1, -0.05) is 26.8 Å². The summed E-state index contributed by atoms with van der Waals surface area (Å²) >= 11 is 0. The van der Waals surface area contributed by atoms with Crippen LogP contribution in [0.25, 0.3) is 10.9 Å². The average Bonchev–Trinajstić information content (AvgIpc) is 2.59. The molecule has 2 heteroatoms. The first kappa shape index (κ1) is 13.2. The molecule has 2 rings (SSSR count). The fraction of sp³-hybridized carbons (Fsp3) is 0.500. The molecule has 18 heavy (non-hydrogen) atoms. The highest BCUT2D eigenvalue weighted by Crippen LogP contribution is 2.26. The second kappa shape index (κ2) is 5.15. The van der Waals surface area contributed by atoms with Gasteiger partial charge in [-0.2, -0.15) is 0 Å². The lowest BCUT2D eigenvalue weighted by Gasteiger charge is -2.10. The quantitative estimate of drug-likeness (QED) is 0.870. The fourth-order valence-electron chi connectivity index (χ4n) is 2.50. The molecule has 0 atom stereocenters. The van der Waals surface area contributed by atoms with E-state index in [2.05, 4.69) is 62.8 Å². The molecule has 1 heterocycles. The van der Waals surface area contributed by atoms with Crippen molar-refractivity contribution in [1.29, 1.82) is 0 Å². The Kier molecular flexibility index (Phi) is 3.76. The number of aromatic nitrogens is 1. The van der Waals surface area contributed by atoms with Crippen molar-refractivity contribution in [3.05, 3.63) is 35.0 Å². The van der Waals surface area contributed by atoms with Crippen molar-refractivity contribution < 1.29 is 0 Å². The summed E-state index contributed by atoms with van der Waals surface area (Å²) in [6.07, 6.45) is 1.10. The van der Waals surface area contributed by atoms with Crippen LogP contribution in [0.15, 0.2) is 18.2 Å². The number of nitrogens with one attached hydrogen (secondary N) is 1. The Bertz CT molecular complexity index is 550. The highest BCUT2D eigenvalue weighted by Gasteiger charge is 2.11. The first-order chi connectivity index (χ1) is 8.54. The molecular formula is C16H24N2. The Labute approximate surface area is 110 Å². The summed E-state index contributed by atoms with van der Waals surface area (Å²) in [7, 11) is 2.16. The molecule has 2 nitrogen and oxygen atoms in total. The zero-order valence-electron chi connectivity index (χ0n) is 12.2. The van der Waals surface area contributed by atoms with Crippen LogP contribution in [-0.2, 0) is 20.0 Å². The van der Waals surface area contributed by atoms with Crippen molar-refractivity contribution in [1.82, 2.24) is 9.88 Å². The van der Waals surface area contributed by atoms with Crippen LogP contribution in [0.4, 0.5) is 0 Å². The SMILES string of the molecule is CCc1ccc2c(c1)c(C)c(CNC(C)C)n2C. The first-order valence-corrected chi connectivity index (χ1v) is 6.84. The Hall–Kier alpha value is -1.28. The zero-order chi connectivity index (χ0) is 13.3. The molecule has 0 fully saturated rings. The Morgan fingerprint density at radius 3 is 2.61 bits per heavy atom. The third-order valence-corrected chi connectivity index (χ3v) is 3.75. The molecule has 0 radical (unpaired) electrons. The zero-order valence-corrected chi connectivity index (χ0v) is 12.2. The number of hydrogen-bond donors (Lipinski definition) is 1. The van der Waals surface area contributed by atoms with Gasteiger partial charge in [-0.3, -0.25) is 0 Å². The lowest BCUT2D eigenvalue weighted by molar-refractivity contribution is 0.571. The lowest BCUT2D eigenvalue weighted by Crippen LogP contribution is -2.23. The fourth-order valence-corrected chi connectivity index (χ4v) is 2.50. The Morgan fingerprint density at radius 1 is 1.28 bits per heavy atom. The number of nitrogens with zero attached hydrogens (tertiary/aromatic N) is 1. The van der Waals surface area contributed by atoms with E-state index in [1.54, 1.807) is 0 Å².